The molecule has 0 heterocycles. The normalized spacial score (nSPS) is 10.4. The second-order valence-corrected chi connectivity index (χ2v) is 5.02. The summed E-state index contributed by atoms with van der Waals surface area (Å²) in [6.07, 6.45) is 1.67. The first-order valence-corrected chi connectivity index (χ1v) is 7.91. The average Bonchev–Trinajstić information content (AvgIpc) is 2.53. The quantitative estimate of drug-likeness (QED) is 0.688. The Morgan fingerprint density at radius 3 is 2.14 bits per heavy atom. The molecule has 2 N–H and O–H groups in total. The number of benzene rings is 1. The van der Waals surface area contributed by atoms with Crippen LogP contribution < -0.4 is 15.4 Å². The topological polar surface area (TPSA) is 67.4 Å². The lowest BCUT2D eigenvalue weighted by Gasteiger charge is -2.13. The van der Waals surface area contributed by atoms with E-state index in [1.807, 2.05) is 20.8 Å². The van der Waals surface area contributed by atoms with Crippen LogP contribution in [0.15, 0.2) is 24.3 Å². The predicted octanol–water partition coefficient (Wildman–Crippen LogP) is 2.37. The molecule has 1 aromatic carbocycles. The van der Waals surface area contributed by atoms with Crippen molar-refractivity contribution in [2.24, 2.45) is 5.92 Å². The van der Waals surface area contributed by atoms with Crippen molar-refractivity contribution in [3.8, 4) is 5.75 Å². The van der Waals surface area contributed by atoms with E-state index in [1.165, 1.54) is 0 Å². The molecule has 22 heavy (non-hydrogen) atoms. The van der Waals surface area contributed by atoms with E-state index in [2.05, 4.69) is 10.6 Å². The summed E-state index contributed by atoms with van der Waals surface area (Å²) in [4.78, 5) is 23.7. The van der Waals surface area contributed by atoms with Crippen molar-refractivity contribution in [1.29, 1.82) is 0 Å². The van der Waals surface area contributed by atoms with Crippen molar-refractivity contribution >= 4 is 11.8 Å². The molecule has 1 rings (SSSR count). The van der Waals surface area contributed by atoms with E-state index in [0.717, 1.165) is 18.6 Å². The molecule has 0 bridgehead atoms. The van der Waals surface area contributed by atoms with Gasteiger partial charge in [-0.05, 0) is 44.0 Å². The van der Waals surface area contributed by atoms with Gasteiger partial charge in [-0.25, -0.2) is 0 Å². The molecule has 0 radical (unpaired) electrons. The van der Waals surface area contributed by atoms with Crippen LogP contribution in [0, 0.1) is 5.92 Å². The Labute approximate surface area is 132 Å². The maximum Gasteiger partial charge on any atom is 0.251 e. The second kappa shape index (κ2) is 9.82. The van der Waals surface area contributed by atoms with E-state index in [9.17, 15) is 9.59 Å². The maximum atomic E-state index is 11.9. The van der Waals surface area contributed by atoms with E-state index < -0.39 is 0 Å². The fourth-order valence-electron chi connectivity index (χ4n) is 2.14. The Hall–Kier alpha value is -2.04. The van der Waals surface area contributed by atoms with Gasteiger partial charge in [0.15, 0.2) is 0 Å². The monoisotopic (exact) mass is 306 g/mol. The molecule has 0 aliphatic carbocycles. The van der Waals surface area contributed by atoms with Crippen LogP contribution in [-0.2, 0) is 4.79 Å². The number of carbonyl (C=O) groups is 2. The van der Waals surface area contributed by atoms with Gasteiger partial charge in [0.1, 0.15) is 5.75 Å². The standard InChI is InChI=1S/C17H26N2O3/c1-4-13(5-2)16(20)18-11-12-19-17(21)14-7-9-15(10-8-14)22-6-3/h7-10,13H,4-6,11-12H2,1-3H3,(H,18,20)(H,19,21). The van der Waals surface area contributed by atoms with E-state index in [1.54, 1.807) is 24.3 Å². The summed E-state index contributed by atoms with van der Waals surface area (Å²) in [7, 11) is 0. The minimum absolute atomic E-state index is 0.0558. The summed E-state index contributed by atoms with van der Waals surface area (Å²) in [5, 5.41) is 5.63. The Bertz CT molecular complexity index is 467. The Balaban J connectivity index is 2.32. The molecule has 2 amide bonds. The van der Waals surface area contributed by atoms with Crippen LogP contribution in [0.25, 0.3) is 0 Å². The summed E-state index contributed by atoms with van der Waals surface area (Å²) in [6, 6.07) is 6.99. The first-order chi connectivity index (χ1) is 10.6. The maximum absolute atomic E-state index is 11.9. The lowest BCUT2D eigenvalue weighted by molar-refractivity contribution is -0.125. The van der Waals surface area contributed by atoms with Gasteiger partial charge in [0, 0.05) is 24.6 Å². The molecule has 0 spiro atoms. The van der Waals surface area contributed by atoms with Gasteiger partial charge in [-0.15, -0.1) is 0 Å². The van der Waals surface area contributed by atoms with Gasteiger partial charge >= 0.3 is 0 Å². The van der Waals surface area contributed by atoms with Gasteiger partial charge in [0.2, 0.25) is 5.91 Å². The lowest BCUT2D eigenvalue weighted by atomic mass is 10.0. The smallest absolute Gasteiger partial charge is 0.251 e. The number of rotatable bonds is 9. The summed E-state index contributed by atoms with van der Waals surface area (Å²) < 4.78 is 5.33. The van der Waals surface area contributed by atoms with Gasteiger partial charge < -0.3 is 15.4 Å². The van der Waals surface area contributed by atoms with E-state index in [0.29, 0.717) is 25.3 Å². The van der Waals surface area contributed by atoms with E-state index in [-0.39, 0.29) is 17.7 Å². The molecule has 122 valence electrons. The molecule has 1 aromatic rings. The third-order valence-corrected chi connectivity index (χ3v) is 3.49. The molecular formula is C17H26N2O3. The Morgan fingerprint density at radius 1 is 1.00 bits per heavy atom. The Kier molecular flexibility index (Phi) is 8.04. The fraction of sp³-hybridized carbons (Fsp3) is 0.529. The molecule has 0 aromatic heterocycles. The van der Waals surface area contributed by atoms with E-state index >= 15 is 0 Å². The molecule has 5 nitrogen and oxygen atoms in total. The van der Waals surface area contributed by atoms with Gasteiger partial charge in [-0.1, -0.05) is 13.8 Å². The first kappa shape index (κ1) is 18.0. The Morgan fingerprint density at radius 2 is 1.59 bits per heavy atom. The molecule has 0 saturated carbocycles. The van der Waals surface area contributed by atoms with Crippen LogP contribution in [0.3, 0.4) is 0 Å². The summed E-state index contributed by atoms with van der Waals surface area (Å²) in [6.45, 7) is 7.37. The summed E-state index contributed by atoms with van der Waals surface area (Å²) >= 11 is 0. The highest BCUT2D eigenvalue weighted by atomic mass is 16.5. The van der Waals surface area contributed by atoms with Crippen LogP contribution in [0.2, 0.25) is 0 Å². The average molecular weight is 306 g/mol. The number of nitrogens with one attached hydrogen (secondary N) is 2. The van der Waals surface area contributed by atoms with Crippen molar-refractivity contribution in [3.05, 3.63) is 29.8 Å². The fourth-order valence-corrected chi connectivity index (χ4v) is 2.14. The van der Waals surface area contributed by atoms with Crippen molar-refractivity contribution in [3.63, 3.8) is 0 Å². The molecule has 0 fully saturated rings. The molecule has 0 unspecified atom stereocenters. The lowest BCUT2D eigenvalue weighted by Crippen LogP contribution is -2.37. The van der Waals surface area contributed by atoms with Crippen LogP contribution in [0.5, 0.6) is 5.75 Å². The molecular weight excluding hydrogens is 280 g/mol. The predicted molar refractivity (Wildman–Crippen MR) is 87.0 cm³/mol. The zero-order valence-corrected chi connectivity index (χ0v) is 13.6. The van der Waals surface area contributed by atoms with Crippen LogP contribution in [-0.4, -0.2) is 31.5 Å². The van der Waals surface area contributed by atoms with Gasteiger partial charge in [-0.3, -0.25) is 9.59 Å². The molecule has 0 atom stereocenters. The number of ether oxygens (including phenoxy) is 1. The zero-order chi connectivity index (χ0) is 16.4. The number of hydrogen-bond acceptors (Lipinski definition) is 3. The summed E-state index contributed by atoms with van der Waals surface area (Å²) in [5.74, 6) is 0.707. The van der Waals surface area contributed by atoms with Crippen LogP contribution in [0.1, 0.15) is 44.0 Å². The summed E-state index contributed by atoms with van der Waals surface area (Å²) in [5.41, 5.74) is 0.578. The zero-order valence-electron chi connectivity index (χ0n) is 13.6. The number of amides is 2. The molecule has 0 saturated heterocycles. The minimum atomic E-state index is -0.153. The number of carbonyl (C=O) groups excluding carboxylic acids is 2. The third kappa shape index (κ3) is 5.76. The molecule has 0 aliphatic rings. The van der Waals surface area contributed by atoms with Crippen molar-refractivity contribution in [2.45, 2.75) is 33.6 Å². The number of hydrogen-bond donors (Lipinski definition) is 2. The highest BCUT2D eigenvalue weighted by Gasteiger charge is 2.13. The van der Waals surface area contributed by atoms with Crippen LogP contribution >= 0.6 is 0 Å². The highest BCUT2D eigenvalue weighted by molar-refractivity contribution is 5.94. The van der Waals surface area contributed by atoms with Gasteiger partial charge in [0.05, 0.1) is 6.61 Å². The third-order valence-electron chi connectivity index (χ3n) is 3.49. The van der Waals surface area contributed by atoms with E-state index in [4.69, 9.17) is 4.74 Å². The van der Waals surface area contributed by atoms with Crippen molar-refractivity contribution in [2.75, 3.05) is 19.7 Å². The molecule has 5 heteroatoms. The van der Waals surface area contributed by atoms with Gasteiger partial charge in [0.25, 0.3) is 5.91 Å². The molecule has 0 aliphatic heterocycles. The largest absolute Gasteiger partial charge is 0.494 e. The van der Waals surface area contributed by atoms with Gasteiger partial charge in [-0.2, -0.15) is 0 Å². The SMILES string of the molecule is CCOc1ccc(C(=O)NCCNC(=O)C(CC)CC)cc1. The minimum Gasteiger partial charge on any atom is -0.494 e. The first-order valence-electron chi connectivity index (χ1n) is 7.91. The highest BCUT2D eigenvalue weighted by Crippen LogP contribution is 2.11. The van der Waals surface area contributed by atoms with Crippen LogP contribution in [0.4, 0.5) is 0 Å². The second-order valence-electron chi connectivity index (χ2n) is 5.02. The van der Waals surface area contributed by atoms with Crippen molar-refractivity contribution < 1.29 is 14.3 Å². The van der Waals surface area contributed by atoms with Crippen molar-refractivity contribution in [1.82, 2.24) is 10.6 Å².